The SMILES string of the molecule is CCCC(=O)NC.CN. The first kappa shape index (κ1) is 11.3. The molecule has 0 atom stereocenters. The highest BCUT2D eigenvalue weighted by atomic mass is 16.1. The summed E-state index contributed by atoms with van der Waals surface area (Å²) < 4.78 is 0. The van der Waals surface area contributed by atoms with Crippen LogP contribution in [0.15, 0.2) is 0 Å². The first-order valence-electron chi connectivity index (χ1n) is 3.09. The first-order chi connectivity index (χ1) is 4.31. The monoisotopic (exact) mass is 132 g/mol. The summed E-state index contributed by atoms with van der Waals surface area (Å²) in [5, 5.41) is 2.53. The average Bonchev–Trinajstić information content (AvgIpc) is 1.93. The lowest BCUT2D eigenvalue weighted by Crippen LogP contribution is -2.16. The van der Waals surface area contributed by atoms with Gasteiger partial charge in [-0.05, 0) is 13.5 Å². The smallest absolute Gasteiger partial charge is 0.219 e. The quantitative estimate of drug-likeness (QED) is 0.560. The summed E-state index contributed by atoms with van der Waals surface area (Å²) in [7, 11) is 3.15. The second-order valence-electron chi connectivity index (χ2n) is 1.42. The van der Waals surface area contributed by atoms with Crippen LogP contribution in [0.2, 0.25) is 0 Å². The summed E-state index contributed by atoms with van der Waals surface area (Å²) in [6.07, 6.45) is 1.58. The Kier molecular flexibility index (Phi) is 13.0. The van der Waals surface area contributed by atoms with E-state index in [2.05, 4.69) is 11.1 Å². The molecule has 9 heavy (non-hydrogen) atoms. The molecule has 0 radical (unpaired) electrons. The Morgan fingerprint density at radius 3 is 2.11 bits per heavy atom. The Hall–Kier alpha value is -0.570. The van der Waals surface area contributed by atoms with Crippen molar-refractivity contribution < 1.29 is 4.79 Å². The largest absolute Gasteiger partial charge is 0.359 e. The normalized spacial score (nSPS) is 7.11. The summed E-state index contributed by atoms with van der Waals surface area (Å²) in [5.74, 6) is 0.127. The lowest BCUT2D eigenvalue weighted by Gasteiger charge is -1.91. The Morgan fingerprint density at radius 1 is 1.56 bits per heavy atom. The Balaban J connectivity index is 0. The van der Waals surface area contributed by atoms with Crippen LogP contribution in [0.5, 0.6) is 0 Å². The van der Waals surface area contributed by atoms with Gasteiger partial charge >= 0.3 is 0 Å². The minimum Gasteiger partial charge on any atom is -0.359 e. The van der Waals surface area contributed by atoms with Crippen LogP contribution in [0.1, 0.15) is 19.8 Å². The maximum Gasteiger partial charge on any atom is 0.219 e. The van der Waals surface area contributed by atoms with Gasteiger partial charge in [0, 0.05) is 13.5 Å². The van der Waals surface area contributed by atoms with E-state index < -0.39 is 0 Å². The molecule has 0 saturated heterocycles. The van der Waals surface area contributed by atoms with E-state index >= 15 is 0 Å². The van der Waals surface area contributed by atoms with E-state index in [9.17, 15) is 4.79 Å². The zero-order chi connectivity index (χ0) is 7.70. The predicted molar refractivity (Wildman–Crippen MR) is 39.1 cm³/mol. The number of hydrogen-bond donors (Lipinski definition) is 2. The molecule has 0 aromatic heterocycles. The molecule has 0 aromatic rings. The van der Waals surface area contributed by atoms with Crippen LogP contribution in [0.25, 0.3) is 0 Å². The molecule has 0 saturated carbocycles. The molecule has 0 aliphatic rings. The fourth-order valence-electron chi connectivity index (χ4n) is 0.352. The third-order valence-corrected chi connectivity index (χ3v) is 0.756. The van der Waals surface area contributed by atoms with Gasteiger partial charge in [-0.25, -0.2) is 0 Å². The van der Waals surface area contributed by atoms with Crippen molar-refractivity contribution in [1.29, 1.82) is 0 Å². The van der Waals surface area contributed by atoms with Crippen molar-refractivity contribution in [2.75, 3.05) is 14.1 Å². The van der Waals surface area contributed by atoms with Gasteiger partial charge in [0.05, 0.1) is 0 Å². The molecule has 0 heterocycles. The number of carbonyl (C=O) groups excluding carboxylic acids is 1. The van der Waals surface area contributed by atoms with E-state index in [1.165, 1.54) is 7.05 Å². The summed E-state index contributed by atoms with van der Waals surface area (Å²) in [4.78, 5) is 10.3. The molecule has 0 fully saturated rings. The van der Waals surface area contributed by atoms with Gasteiger partial charge in [0.2, 0.25) is 5.91 Å². The number of nitrogens with two attached hydrogens (primary N) is 1. The maximum absolute atomic E-state index is 10.3. The molecule has 0 spiro atoms. The lowest BCUT2D eigenvalue weighted by molar-refractivity contribution is -0.120. The highest BCUT2D eigenvalue weighted by Crippen LogP contribution is 1.82. The van der Waals surface area contributed by atoms with Gasteiger partial charge in [-0.15, -0.1) is 0 Å². The average molecular weight is 132 g/mol. The van der Waals surface area contributed by atoms with Crippen molar-refractivity contribution in [3.63, 3.8) is 0 Å². The van der Waals surface area contributed by atoms with Gasteiger partial charge < -0.3 is 11.1 Å². The summed E-state index contributed by atoms with van der Waals surface area (Å²) in [6, 6.07) is 0. The molecule has 3 heteroatoms. The van der Waals surface area contributed by atoms with E-state index in [4.69, 9.17) is 0 Å². The molecular weight excluding hydrogens is 116 g/mol. The zero-order valence-corrected chi connectivity index (χ0v) is 6.40. The van der Waals surface area contributed by atoms with Crippen LogP contribution in [0.3, 0.4) is 0 Å². The van der Waals surface area contributed by atoms with Gasteiger partial charge in [0.15, 0.2) is 0 Å². The van der Waals surface area contributed by atoms with Gasteiger partial charge in [-0.1, -0.05) is 6.92 Å². The molecule has 3 N–H and O–H groups in total. The van der Waals surface area contributed by atoms with Crippen molar-refractivity contribution >= 4 is 5.91 Å². The van der Waals surface area contributed by atoms with E-state index in [1.807, 2.05) is 6.92 Å². The van der Waals surface area contributed by atoms with Crippen molar-refractivity contribution in [2.45, 2.75) is 19.8 Å². The lowest BCUT2D eigenvalue weighted by atomic mass is 10.3. The van der Waals surface area contributed by atoms with Crippen LogP contribution in [0.4, 0.5) is 0 Å². The second-order valence-corrected chi connectivity index (χ2v) is 1.42. The van der Waals surface area contributed by atoms with Crippen LogP contribution < -0.4 is 11.1 Å². The molecular formula is C6H16N2O. The van der Waals surface area contributed by atoms with E-state index in [0.29, 0.717) is 6.42 Å². The van der Waals surface area contributed by atoms with E-state index in [0.717, 1.165) is 6.42 Å². The van der Waals surface area contributed by atoms with Gasteiger partial charge in [0.25, 0.3) is 0 Å². The van der Waals surface area contributed by atoms with E-state index in [-0.39, 0.29) is 5.91 Å². The van der Waals surface area contributed by atoms with Gasteiger partial charge in [-0.3, -0.25) is 4.79 Å². The van der Waals surface area contributed by atoms with Crippen LogP contribution in [-0.4, -0.2) is 20.0 Å². The van der Waals surface area contributed by atoms with Crippen LogP contribution in [0, 0.1) is 0 Å². The fourth-order valence-corrected chi connectivity index (χ4v) is 0.352. The van der Waals surface area contributed by atoms with Crippen LogP contribution in [-0.2, 0) is 4.79 Å². The maximum atomic E-state index is 10.3. The van der Waals surface area contributed by atoms with Crippen molar-refractivity contribution in [3.05, 3.63) is 0 Å². The molecule has 0 aliphatic heterocycles. The predicted octanol–water partition coefficient (Wildman–Crippen LogP) is 0.107. The topological polar surface area (TPSA) is 55.1 Å². The van der Waals surface area contributed by atoms with Gasteiger partial charge in [0.1, 0.15) is 0 Å². The highest BCUT2D eigenvalue weighted by molar-refractivity contribution is 5.75. The molecule has 1 amide bonds. The first-order valence-corrected chi connectivity index (χ1v) is 3.09. The molecule has 3 nitrogen and oxygen atoms in total. The standard InChI is InChI=1S/C5H11NO.CH5N/c1-3-4-5(7)6-2;1-2/h3-4H2,1-2H3,(H,6,7);2H2,1H3. The highest BCUT2D eigenvalue weighted by Gasteiger charge is 1.89. The Morgan fingerprint density at radius 2 is 2.00 bits per heavy atom. The van der Waals surface area contributed by atoms with Crippen molar-refractivity contribution in [3.8, 4) is 0 Å². The summed E-state index contributed by atoms with van der Waals surface area (Å²) >= 11 is 0. The van der Waals surface area contributed by atoms with Gasteiger partial charge in [-0.2, -0.15) is 0 Å². The molecule has 0 rings (SSSR count). The summed E-state index contributed by atoms with van der Waals surface area (Å²) in [5.41, 5.74) is 4.50. The zero-order valence-electron chi connectivity index (χ0n) is 6.40. The van der Waals surface area contributed by atoms with E-state index in [1.54, 1.807) is 7.05 Å². The molecule has 56 valence electrons. The number of nitrogens with one attached hydrogen (secondary N) is 1. The summed E-state index contributed by atoms with van der Waals surface area (Å²) in [6.45, 7) is 1.98. The number of rotatable bonds is 2. The minimum atomic E-state index is 0.127. The number of amides is 1. The Bertz CT molecular complexity index is 64.1. The van der Waals surface area contributed by atoms with Crippen molar-refractivity contribution in [1.82, 2.24) is 5.32 Å². The number of hydrogen-bond acceptors (Lipinski definition) is 2. The number of carbonyl (C=O) groups is 1. The third kappa shape index (κ3) is 11.2. The molecule has 0 bridgehead atoms. The van der Waals surface area contributed by atoms with Crippen molar-refractivity contribution in [2.24, 2.45) is 5.73 Å². The molecule has 0 aliphatic carbocycles. The van der Waals surface area contributed by atoms with Crippen LogP contribution >= 0.6 is 0 Å². The fraction of sp³-hybridized carbons (Fsp3) is 0.833. The molecule has 0 aromatic carbocycles. The minimum absolute atomic E-state index is 0.127. The molecule has 0 unspecified atom stereocenters. The second kappa shape index (κ2) is 10.4. The Labute approximate surface area is 56.6 Å². The third-order valence-electron chi connectivity index (χ3n) is 0.756.